The molecule has 0 aliphatic carbocycles. The summed E-state index contributed by atoms with van der Waals surface area (Å²) in [7, 11) is -1.47. The Bertz CT molecular complexity index is 505. The first-order chi connectivity index (χ1) is 7.66. The van der Waals surface area contributed by atoms with E-state index in [4.69, 9.17) is 21.6 Å². The maximum absolute atomic E-state index is 9.06. The summed E-state index contributed by atoms with van der Waals surface area (Å²) < 4.78 is 0. The number of aromatic nitrogens is 1. The SMILES string of the molecule is OB(O)c1cccc(-c2cccc(Cl)n2)c1. The summed E-state index contributed by atoms with van der Waals surface area (Å²) in [6.45, 7) is 0. The first-order valence-electron chi connectivity index (χ1n) is 4.76. The van der Waals surface area contributed by atoms with Crippen LogP contribution in [0.25, 0.3) is 11.3 Å². The zero-order valence-corrected chi connectivity index (χ0v) is 9.09. The van der Waals surface area contributed by atoms with Crippen LogP contribution in [0.4, 0.5) is 0 Å². The molecule has 0 amide bonds. The lowest BCUT2D eigenvalue weighted by molar-refractivity contribution is 0.426. The Morgan fingerprint density at radius 1 is 1.06 bits per heavy atom. The van der Waals surface area contributed by atoms with Crippen molar-refractivity contribution in [3.05, 3.63) is 47.6 Å². The summed E-state index contributed by atoms with van der Waals surface area (Å²) in [5, 5.41) is 18.5. The van der Waals surface area contributed by atoms with Gasteiger partial charge in [0.05, 0.1) is 5.69 Å². The topological polar surface area (TPSA) is 53.4 Å². The molecule has 1 aromatic carbocycles. The molecule has 0 spiro atoms. The van der Waals surface area contributed by atoms with Crippen LogP contribution in [0.1, 0.15) is 0 Å². The molecule has 2 rings (SSSR count). The minimum absolute atomic E-state index is 0.410. The Morgan fingerprint density at radius 2 is 1.81 bits per heavy atom. The predicted molar refractivity (Wildman–Crippen MR) is 64.5 cm³/mol. The highest BCUT2D eigenvalue weighted by Gasteiger charge is 2.11. The number of nitrogens with zero attached hydrogens (tertiary/aromatic N) is 1. The molecule has 80 valence electrons. The molecule has 0 bridgehead atoms. The van der Waals surface area contributed by atoms with E-state index in [1.807, 2.05) is 12.1 Å². The highest BCUT2D eigenvalue weighted by Crippen LogP contribution is 2.17. The third kappa shape index (κ3) is 2.42. The van der Waals surface area contributed by atoms with Gasteiger partial charge in [0.1, 0.15) is 5.15 Å². The van der Waals surface area contributed by atoms with Crippen molar-refractivity contribution in [2.24, 2.45) is 0 Å². The van der Waals surface area contributed by atoms with Crippen molar-refractivity contribution in [1.29, 1.82) is 0 Å². The van der Waals surface area contributed by atoms with Gasteiger partial charge in [0.2, 0.25) is 0 Å². The number of hydrogen-bond acceptors (Lipinski definition) is 3. The average Bonchev–Trinajstić information content (AvgIpc) is 2.29. The van der Waals surface area contributed by atoms with Gasteiger partial charge in [0, 0.05) is 0 Å². The van der Waals surface area contributed by atoms with Gasteiger partial charge in [-0.3, -0.25) is 0 Å². The standard InChI is InChI=1S/C11H9BClNO2/c13-11-6-2-5-10(14-11)8-3-1-4-9(7-8)12(15)16/h1-7,15-16H. The van der Waals surface area contributed by atoms with E-state index in [-0.39, 0.29) is 0 Å². The predicted octanol–water partition coefficient (Wildman–Crippen LogP) is 1.08. The first-order valence-corrected chi connectivity index (χ1v) is 5.13. The Morgan fingerprint density at radius 3 is 2.50 bits per heavy atom. The molecule has 2 N–H and O–H groups in total. The minimum Gasteiger partial charge on any atom is -0.423 e. The molecule has 3 nitrogen and oxygen atoms in total. The largest absolute Gasteiger partial charge is 0.488 e. The van der Waals surface area contributed by atoms with Crippen LogP contribution in [0.2, 0.25) is 5.15 Å². The van der Waals surface area contributed by atoms with E-state index in [1.165, 1.54) is 0 Å². The van der Waals surface area contributed by atoms with Crippen LogP contribution in [0.5, 0.6) is 0 Å². The summed E-state index contributed by atoms with van der Waals surface area (Å²) in [5.41, 5.74) is 1.93. The zero-order chi connectivity index (χ0) is 11.5. The normalized spacial score (nSPS) is 10.2. The lowest BCUT2D eigenvalue weighted by Gasteiger charge is -2.04. The van der Waals surface area contributed by atoms with Crippen molar-refractivity contribution < 1.29 is 10.0 Å². The van der Waals surface area contributed by atoms with Crippen LogP contribution < -0.4 is 5.46 Å². The van der Waals surface area contributed by atoms with Crippen LogP contribution in [-0.4, -0.2) is 22.2 Å². The second-order valence-electron chi connectivity index (χ2n) is 3.34. The molecule has 0 saturated carbocycles. The van der Waals surface area contributed by atoms with Gasteiger partial charge in [-0.25, -0.2) is 4.98 Å². The lowest BCUT2D eigenvalue weighted by atomic mass is 9.79. The molecule has 1 aromatic heterocycles. The molecule has 2 aromatic rings. The Kier molecular flexibility index (Phi) is 3.24. The van der Waals surface area contributed by atoms with Crippen molar-refractivity contribution in [3.63, 3.8) is 0 Å². The molecule has 5 heteroatoms. The third-order valence-electron chi connectivity index (χ3n) is 2.20. The summed E-state index contributed by atoms with van der Waals surface area (Å²) >= 11 is 5.79. The van der Waals surface area contributed by atoms with E-state index in [2.05, 4.69) is 4.98 Å². The molecule has 16 heavy (non-hydrogen) atoms. The molecular formula is C11H9BClNO2. The summed E-state index contributed by atoms with van der Waals surface area (Å²) in [4.78, 5) is 4.15. The van der Waals surface area contributed by atoms with Gasteiger partial charge in [-0.1, -0.05) is 41.9 Å². The van der Waals surface area contributed by atoms with Crippen LogP contribution in [-0.2, 0) is 0 Å². The van der Waals surface area contributed by atoms with Gasteiger partial charge >= 0.3 is 7.12 Å². The van der Waals surface area contributed by atoms with E-state index in [0.717, 1.165) is 5.56 Å². The molecular weight excluding hydrogens is 224 g/mol. The van der Waals surface area contributed by atoms with Gasteiger partial charge in [-0.2, -0.15) is 0 Å². The molecule has 0 aliphatic rings. The zero-order valence-electron chi connectivity index (χ0n) is 8.34. The quantitative estimate of drug-likeness (QED) is 0.603. The Balaban J connectivity index is 2.44. The number of halogens is 1. The van der Waals surface area contributed by atoms with E-state index >= 15 is 0 Å². The number of pyridine rings is 1. The molecule has 0 fully saturated rings. The number of hydrogen-bond donors (Lipinski definition) is 2. The second kappa shape index (κ2) is 4.66. The minimum atomic E-state index is -1.47. The van der Waals surface area contributed by atoms with Crippen LogP contribution in [0.3, 0.4) is 0 Å². The van der Waals surface area contributed by atoms with E-state index in [1.54, 1.807) is 30.3 Å². The van der Waals surface area contributed by atoms with Crippen LogP contribution >= 0.6 is 11.6 Å². The monoisotopic (exact) mass is 233 g/mol. The van der Waals surface area contributed by atoms with E-state index in [0.29, 0.717) is 16.3 Å². The average molecular weight is 233 g/mol. The van der Waals surface area contributed by atoms with Gasteiger partial charge in [0.15, 0.2) is 0 Å². The maximum Gasteiger partial charge on any atom is 0.488 e. The van der Waals surface area contributed by atoms with Crippen molar-refractivity contribution in [2.45, 2.75) is 0 Å². The molecule has 0 radical (unpaired) electrons. The van der Waals surface area contributed by atoms with E-state index in [9.17, 15) is 0 Å². The Labute approximate surface area is 98.5 Å². The number of rotatable bonds is 2. The number of benzene rings is 1. The van der Waals surface area contributed by atoms with Crippen LogP contribution in [0, 0.1) is 0 Å². The van der Waals surface area contributed by atoms with Crippen LogP contribution in [0.15, 0.2) is 42.5 Å². The summed E-state index contributed by atoms with van der Waals surface area (Å²) in [5.74, 6) is 0. The fourth-order valence-electron chi connectivity index (χ4n) is 1.43. The lowest BCUT2D eigenvalue weighted by Crippen LogP contribution is -2.29. The molecule has 0 unspecified atom stereocenters. The smallest absolute Gasteiger partial charge is 0.423 e. The highest BCUT2D eigenvalue weighted by atomic mass is 35.5. The van der Waals surface area contributed by atoms with Gasteiger partial charge < -0.3 is 10.0 Å². The van der Waals surface area contributed by atoms with Gasteiger partial charge in [-0.15, -0.1) is 0 Å². The fraction of sp³-hybridized carbons (Fsp3) is 0. The Hall–Kier alpha value is -1.36. The maximum atomic E-state index is 9.06. The summed E-state index contributed by atoms with van der Waals surface area (Å²) in [6.07, 6.45) is 0. The molecule has 1 heterocycles. The second-order valence-corrected chi connectivity index (χ2v) is 3.73. The van der Waals surface area contributed by atoms with E-state index < -0.39 is 7.12 Å². The molecule has 0 aliphatic heterocycles. The fourth-order valence-corrected chi connectivity index (χ4v) is 1.59. The highest BCUT2D eigenvalue weighted by molar-refractivity contribution is 6.58. The van der Waals surface area contributed by atoms with Gasteiger partial charge in [0.25, 0.3) is 0 Å². The van der Waals surface area contributed by atoms with Crippen molar-refractivity contribution in [1.82, 2.24) is 4.98 Å². The van der Waals surface area contributed by atoms with Crippen molar-refractivity contribution in [2.75, 3.05) is 0 Å². The van der Waals surface area contributed by atoms with Crippen molar-refractivity contribution in [3.8, 4) is 11.3 Å². The molecule has 0 saturated heterocycles. The van der Waals surface area contributed by atoms with Crippen molar-refractivity contribution >= 4 is 24.2 Å². The molecule has 0 atom stereocenters. The van der Waals surface area contributed by atoms with Gasteiger partial charge in [-0.05, 0) is 23.2 Å². The summed E-state index contributed by atoms with van der Waals surface area (Å²) in [6, 6.07) is 12.2. The third-order valence-corrected chi connectivity index (χ3v) is 2.41. The first kappa shape index (κ1) is 11.1.